The maximum absolute atomic E-state index is 5.75. The number of aromatic nitrogens is 5. The zero-order valence-electron chi connectivity index (χ0n) is 15.7. The second-order valence-corrected chi connectivity index (χ2v) is 7.68. The molecule has 0 radical (unpaired) electrons. The maximum Gasteiger partial charge on any atom is 0.203 e. The molecule has 0 atom stereocenters. The van der Waals surface area contributed by atoms with Gasteiger partial charge in [-0.05, 0) is 25.5 Å². The molecule has 1 aromatic carbocycles. The van der Waals surface area contributed by atoms with Crippen LogP contribution in [-0.2, 0) is 0 Å². The van der Waals surface area contributed by atoms with Crippen LogP contribution in [0.25, 0.3) is 15.9 Å². The van der Waals surface area contributed by atoms with Gasteiger partial charge in [-0.3, -0.25) is 4.40 Å². The third-order valence-electron chi connectivity index (χ3n) is 4.93. The molecule has 0 amide bonds. The van der Waals surface area contributed by atoms with Crippen LogP contribution >= 0.6 is 11.3 Å². The van der Waals surface area contributed by atoms with Crippen LogP contribution in [-0.4, -0.2) is 57.4 Å². The van der Waals surface area contributed by atoms with Crippen molar-refractivity contribution in [3.05, 3.63) is 36.9 Å². The van der Waals surface area contributed by atoms with Gasteiger partial charge in [-0.2, -0.15) is 0 Å². The number of benzene rings is 1. The third-order valence-corrected chi connectivity index (χ3v) is 6.02. The Kier molecular flexibility index (Phi) is 4.44. The number of anilines is 2. The van der Waals surface area contributed by atoms with Crippen LogP contribution in [0.4, 0.5) is 10.9 Å². The minimum absolute atomic E-state index is 0.645. The fourth-order valence-corrected chi connectivity index (χ4v) is 4.64. The Balaban J connectivity index is 1.39. The van der Waals surface area contributed by atoms with E-state index in [1.54, 1.807) is 23.9 Å². The number of ether oxygens (including phenoxy) is 1. The van der Waals surface area contributed by atoms with E-state index in [1.807, 2.05) is 29.7 Å². The van der Waals surface area contributed by atoms with Gasteiger partial charge >= 0.3 is 0 Å². The van der Waals surface area contributed by atoms with Crippen LogP contribution < -0.4 is 14.5 Å². The lowest BCUT2D eigenvalue weighted by molar-refractivity contribution is 0.344. The van der Waals surface area contributed by atoms with E-state index in [0.29, 0.717) is 6.61 Å². The van der Waals surface area contributed by atoms with Gasteiger partial charge in [0.2, 0.25) is 5.65 Å². The number of rotatable bonds is 4. The Hall–Kier alpha value is -2.94. The summed E-state index contributed by atoms with van der Waals surface area (Å²) >= 11 is 1.73. The first-order chi connectivity index (χ1) is 13.8. The Morgan fingerprint density at radius 2 is 2.04 bits per heavy atom. The van der Waals surface area contributed by atoms with Crippen molar-refractivity contribution in [3.63, 3.8) is 0 Å². The highest BCUT2D eigenvalue weighted by Crippen LogP contribution is 2.34. The van der Waals surface area contributed by atoms with Gasteiger partial charge in [0.25, 0.3) is 0 Å². The highest BCUT2D eigenvalue weighted by atomic mass is 32.1. The van der Waals surface area contributed by atoms with Gasteiger partial charge in [0, 0.05) is 38.6 Å². The van der Waals surface area contributed by atoms with Gasteiger partial charge in [-0.15, -0.1) is 10.2 Å². The van der Waals surface area contributed by atoms with E-state index in [2.05, 4.69) is 31.0 Å². The largest absolute Gasteiger partial charge is 0.492 e. The zero-order chi connectivity index (χ0) is 18.9. The standard InChI is InChI=1S/C19H21N7OS/c1-2-27-14-5-3-6-15-16(14)22-19(28-15)25-9-4-8-24(11-12-25)17-18-23-21-13-26(18)10-7-20-17/h3,5-7,10,13H,2,4,8-9,11-12H2,1H3. The maximum atomic E-state index is 5.75. The lowest BCUT2D eigenvalue weighted by Crippen LogP contribution is -2.31. The van der Waals surface area contributed by atoms with Crippen LogP contribution in [0.5, 0.6) is 5.75 Å². The third kappa shape index (κ3) is 3.01. The second-order valence-electron chi connectivity index (χ2n) is 6.67. The summed E-state index contributed by atoms with van der Waals surface area (Å²) < 4.78 is 8.82. The summed E-state index contributed by atoms with van der Waals surface area (Å²) in [6.07, 6.45) is 6.42. The Morgan fingerprint density at radius 1 is 1.14 bits per heavy atom. The molecule has 0 spiro atoms. The Labute approximate surface area is 166 Å². The van der Waals surface area contributed by atoms with Crippen molar-refractivity contribution < 1.29 is 4.74 Å². The average Bonchev–Trinajstić information content (AvgIpc) is 3.30. The molecule has 0 bridgehead atoms. The fourth-order valence-electron chi connectivity index (χ4n) is 3.61. The van der Waals surface area contributed by atoms with Crippen LogP contribution in [0.2, 0.25) is 0 Å². The quantitative estimate of drug-likeness (QED) is 0.526. The minimum atomic E-state index is 0.645. The van der Waals surface area contributed by atoms with Crippen molar-refractivity contribution >= 4 is 38.2 Å². The molecular formula is C19H21N7OS. The summed E-state index contributed by atoms with van der Waals surface area (Å²) in [5.41, 5.74) is 1.76. The highest BCUT2D eigenvalue weighted by molar-refractivity contribution is 7.22. The molecule has 28 heavy (non-hydrogen) atoms. The molecule has 144 valence electrons. The Bertz CT molecular complexity index is 1110. The molecule has 8 nitrogen and oxygen atoms in total. The number of fused-ring (bicyclic) bond motifs is 2. The average molecular weight is 395 g/mol. The molecule has 0 unspecified atom stereocenters. The first-order valence-electron chi connectivity index (χ1n) is 9.50. The molecule has 4 heterocycles. The van der Waals surface area contributed by atoms with Crippen molar-refractivity contribution in [3.8, 4) is 5.75 Å². The van der Waals surface area contributed by atoms with E-state index in [1.165, 1.54) is 0 Å². The molecule has 1 fully saturated rings. The molecule has 1 aliphatic rings. The lowest BCUT2D eigenvalue weighted by atomic mass is 10.3. The van der Waals surface area contributed by atoms with Gasteiger partial charge in [0.1, 0.15) is 17.6 Å². The van der Waals surface area contributed by atoms with Crippen LogP contribution in [0, 0.1) is 0 Å². The summed E-state index contributed by atoms with van der Waals surface area (Å²) in [7, 11) is 0. The minimum Gasteiger partial charge on any atom is -0.492 e. The van der Waals surface area contributed by atoms with E-state index in [9.17, 15) is 0 Å². The summed E-state index contributed by atoms with van der Waals surface area (Å²) in [6, 6.07) is 6.13. The van der Waals surface area contributed by atoms with Crippen molar-refractivity contribution in [2.75, 3.05) is 42.6 Å². The normalized spacial score (nSPS) is 15.3. The summed E-state index contributed by atoms with van der Waals surface area (Å²) in [4.78, 5) is 14.1. The van der Waals surface area contributed by atoms with E-state index in [4.69, 9.17) is 9.72 Å². The first kappa shape index (κ1) is 17.2. The van der Waals surface area contributed by atoms with Crippen LogP contribution in [0.15, 0.2) is 36.9 Å². The van der Waals surface area contributed by atoms with Gasteiger partial charge in [0.05, 0.1) is 11.3 Å². The van der Waals surface area contributed by atoms with Crippen LogP contribution in [0.1, 0.15) is 13.3 Å². The second kappa shape index (κ2) is 7.23. The number of para-hydroxylation sites is 1. The van der Waals surface area contributed by atoms with Crippen LogP contribution in [0.3, 0.4) is 0 Å². The summed E-state index contributed by atoms with van der Waals surface area (Å²) in [5, 5.41) is 9.29. The molecule has 0 saturated carbocycles. The van der Waals surface area contributed by atoms with Gasteiger partial charge in [-0.1, -0.05) is 17.4 Å². The topological polar surface area (TPSA) is 71.7 Å². The monoisotopic (exact) mass is 395 g/mol. The molecular weight excluding hydrogens is 374 g/mol. The fraction of sp³-hybridized carbons (Fsp3) is 0.368. The SMILES string of the molecule is CCOc1cccc2sc(N3CCCN(c4nccn5cnnc45)CC3)nc12. The number of hydrogen-bond donors (Lipinski definition) is 0. The van der Waals surface area contributed by atoms with E-state index in [0.717, 1.165) is 65.2 Å². The molecule has 1 aliphatic heterocycles. The highest BCUT2D eigenvalue weighted by Gasteiger charge is 2.21. The molecule has 3 aromatic heterocycles. The molecule has 0 aliphatic carbocycles. The van der Waals surface area contributed by atoms with Crippen molar-refractivity contribution in [1.82, 2.24) is 24.6 Å². The molecule has 0 N–H and O–H groups in total. The smallest absolute Gasteiger partial charge is 0.203 e. The predicted octanol–water partition coefficient (Wildman–Crippen LogP) is 2.85. The van der Waals surface area contributed by atoms with Gasteiger partial charge < -0.3 is 14.5 Å². The van der Waals surface area contributed by atoms with Gasteiger partial charge in [-0.25, -0.2) is 9.97 Å². The number of thiazole rings is 1. The van der Waals surface area contributed by atoms with Crippen molar-refractivity contribution in [1.29, 1.82) is 0 Å². The molecule has 1 saturated heterocycles. The van der Waals surface area contributed by atoms with E-state index in [-0.39, 0.29) is 0 Å². The summed E-state index contributed by atoms with van der Waals surface area (Å²) in [5.74, 6) is 1.76. The Morgan fingerprint density at radius 3 is 2.96 bits per heavy atom. The van der Waals surface area contributed by atoms with E-state index >= 15 is 0 Å². The van der Waals surface area contributed by atoms with Gasteiger partial charge in [0.15, 0.2) is 10.9 Å². The summed E-state index contributed by atoms with van der Waals surface area (Å²) in [6.45, 7) is 6.31. The number of hydrogen-bond acceptors (Lipinski definition) is 8. The molecule has 4 aromatic rings. The van der Waals surface area contributed by atoms with E-state index < -0.39 is 0 Å². The van der Waals surface area contributed by atoms with Crippen molar-refractivity contribution in [2.45, 2.75) is 13.3 Å². The number of nitrogens with zero attached hydrogens (tertiary/aromatic N) is 7. The lowest BCUT2D eigenvalue weighted by Gasteiger charge is -2.22. The molecule has 5 rings (SSSR count). The first-order valence-corrected chi connectivity index (χ1v) is 10.3. The predicted molar refractivity (Wildman–Crippen MR) is 111 cm³/mol. The molecule has 9 heteroatoms. The zero-order valence-corrected chi connectivity index (χ0v) is 16.5. The van der Waals surface area contributed by atoms with Crippen molar-refractivity contribution in [2.24, 2.45) is 0 Å².